The molecule has 0 bridgehead atoms. The predicted octanol–water partition coefficient (Wildman–Crippen LogP) is 22.8. The van der Waals surface area contributed by atoms with Crippen molar-refractivity contribution in [1.82, 2.24) is 0 Å². The molecule has 0 rings (SSSR count). The van der Waals surface area contributed by atoms with E-state index in [1.165, 1.54) is 116 Å². The quantitative estimate of drug-likeness (QED) is 0.0261. The van der Waals surface area contributed by atoms with Gasteiger partial charge in [-0.2, -0.15) is 0 Å². The topological polar surface area (TPSA) is 78.9 Å². The molecule has 0 saturated heterocycles. The summed E-state index contributed by atoms with van der Waals surface area (Å²) in [6.45, 7) is 6.32. The number of ether oxygens (including phenoxy) is 3. The first-order chi connectivity index (χ1) is 39.0. The Balaban J connectivity index is 4.11. The van der Waals surface area contributed by atoms with Crippen LogP contribution in [0.5, 0.6) is 0 Å². The van der Waals surface area contributed by atoms with Crippen molar-refractivity contribution in [2.45, 2.75) is 309 Å². The van der Waals surface area contributed by atoms with Crippen LogP contribution in [-0.2, 0) is 28.6 Å². The molecule has 0 spiro atoms. The maximum atomic E-state index is 12.8. The molecule has 1 unspecified atom stereocenters. The Bertz CT molecular complexity index is 1640. The molecule has 0 aliphatic rings. The summed E-state index contributed by atoms with van der Waals surface area (Å²) in [7, 11) is 0. The highest BCUT2D eigenvalue weighted by atomic mass is 16.6. The number of unbranched alkanes of at least 4 members (excludes halogenated alkanes) is 28. The maximum Gasteiger partial charge on any atom is 0.306 e. The number of esters is 3. The second-order valence-corrected chi connectivity index (χ2v) is 21.6. The van der Waals surface area contributed by atoms with Crippen molar-refractivity contribution < 1.29 is 28.6 Å². The van der Waals surface area contributed by atoms with E-state index >= 15 is 0 Å². The number of allylic oxidation sites excluding steroid dienone is 20. The first-order valence-electron chi connectivity index (χ1n) is 33.0. The van der Waals surface area contributed by atoms with Gasteiger partial charge in [0.1, 0.15) is 13.2 Å². The van der Waals surface area contributed by atoms with E-state index in [1.54, 1.807) is 0 Å². The summed E-state index contributed by atoms with van der Waals surface area (Å²) in [4.78, 5) is 38.2. The summed E-state index contributed by atoms with van der Waals surface area (Å²) in [5, 5.41) is 0. The van der Waals surface area contributed by atoms with Gasteiger partial charge in [0.2, 0.25) is 0 Å². The van der Waals surface area contributed by atoms with Crippen molar-refractivity contribution in [2.75, 3.05) is 13.2 Å². The van der Waals surface area contributed by atoms with Gasteiger partial charge in [-0.15, -0.1) is 0 Å². The van der Waals surface area contributed by atoms with Crippen molar-refractivity contribution in [3.8, 4) is 0 Å². The van der Waals surface area contributed by atoms with Crippen molar-refractivity contribution in [1.29, 1.82) is 0 Å². The Morgan fingerprint density at radius 1 is 0.266 bits per heavy atom. The zero-order valence-corrected chi connectivity index (χ0v) is 51.6. The second kappa shape index (κ2) is 66.3. The van der Waals surface area contributed by atoms with Gasteiger partial charge in [0.05, 0.1) is 0 Å². The van der Waals surface area contributed by atoms with Crippen molar-refractivity contribution in [3.63, 3.8) is 0 Å². The first kappa shape index (κ1) is 74.8. The van der Waals surface area contributed by atoms with Crippen LogP contribution in [0.1, 0.15) is 303 Å². The summed E-state index contributed by atoms with van der Waals surface area (Å²) >= 11 is 0. The second-order valence-electron chi connectivity index (χ2n) is 21.6. The van der Waals surface area contributed by atoms with Gasteiger partial charge in [-0.1, -0.05) is 284 Å². The van der Waals surface area contributed by atoms with E-state index in [0.717, 1.165) is 148 Å². The highest BCUT2D eigenvalue weighted by Crippen LogP contribution is 2.17. The lowest BCUT2D eigenvalue weighted by molar-refractivity contribution is -0.167. The van der Waals surface area contributed by atoms with E-state index in [2.05, 4.69) is 142 Å². The molecule has 450 valence electrons. The summed E-state index contributed by atoms with van der Waals surface area (Å²) < 4.78 is 16.9. The molecule has 6 nitrogen and oxygen atoms in total. The lowest BCUT2D eigenvalue weighted by Gasteiger charge is -2.18. The summed E-state index contributed by atoms with van der Waals surface area (Å²) in [6, 6.07) is 0. The van der Waals surface area contributed by atoms with Crippen LogP contribution in [0.4, 0.5) is 0 Å². The van der Waals surface area contributed by atoms with E-state index < -0.39 is 6.10 Å². The number of hydrogen-bond acceptors (Lipinski definition) is 6. The number of carbonyl (C=O) groups is 3. The van der Waals surface area contributed by atoms with Crippen LogP contribution in [-0.4, -0.2) is 37.2 Å². The molecule has 0 aromatic heterocycles. The molecule has 0 aliphatic heterocycles. The fraction of sp³-hybridized carbons (Fsp3) is 0.685. The van der Waals surface area contributed by atoms with Crippen molar-refractivity contribution in [2.24, 2.45) is 0 Å². The number of rotatable bonds is 59. The molecule has 1 atom stereocenters. The monoisotopic (exact) mass is 1090 g/mol. The van der Waals surface area contributed by atoms with Gasteiger partial charge in [-0.05, 0) is 122 Å². The SMILES string of the molecule is CC/C=C\C/C=C\C/C=C\C/C=C\C/C=C\CCCCCCCCCCCCCCCCCCCCCC(=O)OCC(COC(=O)CCCCCCC/C=C\C/C=C\CCC)OC(=O)CCCCC/C=C\C/C=C\C/C=C\CC. The van der Waals surface area contributed by atoms with Gasteiger partial charge >= 0.3 is 17.9 Å². The largest absolute Gasteiger partial charge is 0.462 e. The maximum absolute atomic E-state index is 12.8. The molecule has 0 heterocycles. The van der Waals surface area contributed by atoms with E-state index in [4.69, 9.17) is 14.2 Å². The molecule has 0 radical (unpaired) electrons. The van der Waals surface area contributed by atoms with E-state index in [1.807, 2.05) is 0 Å². The average molecular weight is 1100 g/mol. The Hall–Kier alpha value is -4.19. The Labute approximate surface area is 488 Å². The van der Waals surface area contributed by atoms with Crippen LogP contribution in [0.25, 0.3) is 0 Å². The van der Waals surface area contributed by atoms with Gasteiger partial charge in [-0.3, -0.25) is 14.4 Å². The minimum absolute atomic E-state index is 0.0935. The average Bonchev–Trinajstić information content (AvgIpc) is 3.45. The summed E-state index contributed by atoms with van der Waals surface area (Å²) in [6.07, 6.45) is 92.4. The molecule has 6 heteroatoms. The normalized spacial score (nSPS) is 12.9. The third-order valence-corrected chi connectivity index (χ3v) is 13.9. The fourth-order valence-electron chi connectivity index (χ4n) is 9.05. The molecule has 0 amide bonds. The van der Waals surface area contributed by atoms with Crippen LogP contribution < -0.4 is 0 Å². The van der Waals surface area contributed by atoms with Crippen LogP contribution in [0.15, 0.2) is 122 Å². The standard InChI is InChI=1S/C73H122O6/c1-4-7-10-13-16-19-22-25-26-27-28-29-30-31-32-33-34-35-36-37-38-39-40-41-42-43-44-45-46-49-51-54-57-60-63-66-72(75)78-69-70(79-73(76)67-64-61-58-55-52-48-24-21-18-15-12-9-6-3)68-77-71(74)65-62-59-56-53-50-47-23-20-17-14-11-8-5-2/h7,9-12,14,16,18-21,23,25-26,28-29,31-32,48,52,70H,4-6,8,13,15,17,22,24,27,30,33-47,49-51,53-69H2,1-3H3/b10-7-,12-9-,14-11-,19-16-,21-18-,23-20-,26-25-,29-28-,32-31-,52-48-. The third kappa shape index (κ3) is 64.5. The Kier molecular flexibility index (Phi) is 62.8. The first-order valence-corrected chi connectivity index (χ1v) is 33.0. The lowest BCUT2D eigenvalue weighted by Crippen LogP contribution is -2.30. The molecule has 0 aliphatic carbocycles. The van der Waals surface area contributed by atoms with E-state index in [0.29, 0.717) is 12.8 Å². The van der Waals surface area contributed by atoms with Crippen LogP contribution in [0.2, 0.25) is 0 Å². The lowest BCUT2D eigenvalue weighted by atomic mass is 10.0. The van der Waals surface area contributed by atoms with Gasteiger partial charge in [0.15, 0.2) is 6.10 Å². The molecule has 0 aromatic rings. The predicted molar refractivity (Wildman–Crippen MR) is 343 cm³/mol. The molecule has 0 fully saturated rings. The molecular formula is C73H122O6. The molecule has 0 saturated carbocycles. The Morgan fingerprint density at radius 3 is 0.785 bits per heavy atom. The molecule has 79 heavy (non-hydrogen) atoms. The molecule has 0 N–H and O–H groups in total. The van der Waals surface area contributed by atoms with Crippen molar-refractivity contribution in [3.05, 3.63) is 122 Å². The van der Waals surface area contributed by atoms with Crippen LogP contribution >= 0.6 is 0 Å². The number of hydrogen-bond donors (Lipinski definition) is 0. The van der Waals surface area contributed by atoms with Gasteiger partial charge in [0.25, 0.3) is 0 Å². The zero-order chi connectivity index (χ0) is 57.1. The smallest absolute Gasteiger partial charge is 0.306 e. The van der Waals surface area contributed by atoms with Gasteiger partial charge in [0, 0.05) is 19.3 Å². The van der Waals surface area contributed by atoms with E-state index in [9.17, 15) is 14.4 Å². The van der Waals surface area contributed by atoms with Crippen LogP contribution in [0.3, 0.4) is 0 Å². The highest BCUT2D eigenvalue weighted by molar-refractivity contribution is 5.71. The van der Waals surface area contributed by atoms with Crippen LogP contribution in [0, 0.1) is 0 Å². The Morgan fingerprint density at radius 2 is 0.494 bits per heavy atom. The third-order valence-electron chi connectivity index (χ3n) is 13.9. The van der Waals surface area contributed by atoms with Gasteiger partial charge < -0.3 is 14.2 Å². The summed E-state index contributed by atoms with van der Waals surface area (Å²) in [5.74, 6) is -0.932. The fourth-order valence-corrected chi connectivity index (χ4v) is 9.05. The van der Waals surface area contributed by atoms with E-state index in [-0.39, 0.29) is 37.5 Å². The van der Waals surface area contributed by atoms with Crippen molar-refractivity contribution >= 4 is 17.9 Å². The minimum atomic E-state index is -0.799. The highest BCUT2D eigenvalue weighted by Gasteiger charge is 2.19. The minimum Gasteiger partial charge on any atom is -0.462 e. The molecule has 0 aromatic carbocycles. The zero-order valence-electron chi connectivity index (χ0n) is 51.6. The summed E-state index contributed by atoms with van der Waals surface area (Å²) in [5.41, 5.74) is 0. The van der Waals surface area contributed by atoms with Gasteiger partial charge in [-0.25, -0.2) is 0 Å². The number of carbonyl (C=O) groups excluding carboxylic acids is 3. The molecular weight excluding hydrogens is 973 g/mol.